The number of rotatable bonds is 8. The van der Waals surface area contributed by atoms with Crippen LogP contribution in [0.2, 0.25) is 0 Å². The summed E-state index contributed by atoms with van der Waals surface area (Å²) in [7, 11) is 0. The summed E-state index contributed by atoms with van der Waals surface area (Å²) in [6.07, 6.45) is 7.21. The van der Waals surface area contributed by atoms with E-state index in [0.29, 0.717) is 24.5 Å². The van der Waals surface area contributed by atoms with Crippen molar-refractivity contribution in [2.45, 2.75) is 32.2 Å². The summed E-state index contributed by atoms with van der Waals surface area (Å²) >= 11 is 0. The number of nitriles is 1. The summed E-state index contributed by atoms with van der Waals surface area (Å²) in [5.74, 6) is -0.940. The first-order valence-electron chi connectivity index (χ1n) is 11.7. The number of benzene rings is 1. The molecule has 2 aliphatic rings. The molecule has 0 unspecified atom stereocenters. The Hall–Kier alpha value is -4.52. The minimum Gasteiger partial charge on any atom is -0.480 e. The molecule has 36 heavy (non-hydrogen) atoms. The van der Waals surface area contributed by atoms with Crippen molar-refractivity contribution in [2.75, 3.05) is 16.8 Å². The van der Waals surface area contributed by atoms with Crippen LogP contribution < -0.4 is 10.2 Å². The zero-order valence-corrected chi connectivity index (χ0v) is 19.4. The lowest BCUT2D eigenvalue weighted by atomic mass is 9.83. The van der Waals surface area contributed by atoms with E-state index < -0.39 is 11.4 Å². The first-order chi connectivity index (χ1) is 17.4. The molecule has 5 rings (SSSR count). The largest absolute Gasteiger partial charge is 0.480 e. The highest BCUT2D eigenvalue weighted by Gasteiger charge is 2.56. The maximum atomic E-state index is 13.1. The molecule has 0 bridgehead atoms. The molecule has 182 valence electrons. The van der Waals surface area contributed by atoms with Crippen LogP contribution in [-0.2, 0) is 27.3 Å². The molecule has 1 aliphatic heterocycles. The lowest BCUT2D eigenvalue weighted by molar-refractivity contribution is -0.138. The fourth-order valence-electron chi connectivity index (χ4n) is 4.76. The summed E-state index contributed by atoms with van der Waals surface area (Å²) in [5, 5.41) is 25.5. The molecule has 2 aromatic heterocycles. The number of aromatic nitrogens is 3. The second kappa shape index (κ2) is 9.26. The molecule has 1 atom stereocenters. The Labute approximate surface area is 207 Å². The summed E-state index contributed by atoms with van der Waals surface area (Å²) in [4.78, 5) is 42.5. The van der Waals surface area contributed by atoms with E-state index in [-0.39, 0.29) is 30.7 Å². The van der Waals surface area contributed by atoms with Gasteiger partial charge in [-0.2, -0.15) is 10.4 Å². The number of nitrogens with one attached hydrogen (secondary N) is 1. The van der Waals surface area contributed by atoms with Crippen molar-refractivity contribution >= 4 is 29.3 Å². The van der Waals surface area contributed by atoms with Gasteiger partial charge in [0.05, 0.1) is 18.7 Å². The van der Waals surface area contributed by atoms with E-state index in [1.807, 2.05) is 24.3 Å². The van der Waals surface area contributed by atoms with E-state index in [1.54, 1.807) is 29.4 Å². The van der Waals surface area contributed by atoms with Crippen LogP contribution in [0, 0.1) is 22.7 Å². The van der Waals surface area contributed by atoms with E-state index >= 15 is 0 Å². The van der Waals surface area contributed by atoms with Gasteiger partial charge in [0, 0.05) is 36.3 Å². The van der Waals surface area contributed by atoms with Crippen LogP contribution >= 0.6 is 0 Å². The van der Waals surface area contributed by atoms with Gasteiger partial charge in [-0.1, -0.05) is 24.3 Å². The van der Waals surface area contributed by atoms with Gasteiger partial charge in [0.15, 0.2) is 0 Å². The molecule has 2 fully saturated rings. The Balaban J connectivity index is 1.25. The third kappa shape index (κ3) is 4.55. The average molecular weight is 485 g/mol. The Morgan fingerprint density at radius 1 is 1.22 bits per heavy atom. The van der Waals surface area contributed by atoms with Crippen molar-refractivity contribution in [1.29, 1.82) is 5.26 Å². The van der Waals surface area contributed by atoms with Crippen LogP contribution in [0.1, 0.15) is 24.8 Å². The smallest absolute Gasteiger partial charge is 0.325 e. The maximum absolute atomic E-state index is 13.1. The third-order valence-electron chi connectivity index (χ3n) is 6.71. The Morgan fingerprint density at radius 3 is 2.81 bits per heavy atom. The van der Waals surface area contributed by atoms with Gasteiger partial charge in [0.2, 0.25) is 11.8 Å². The van der Waals surface area contributed by atoms with Crippen LogP contribution in [0.25, 0.3) is 11.1 Å². The summed E-state index contributed by atoms with van der Waals surface area (Å²) in [6, 6.07) is 13.0. The number of nitrogens with zero attached hydrogens (tertiary/aromatic N) is 5. The van der Waals surface area contributed by atoms with Crippen LogP contribution in [-0.4, -0.2) is 44.2 Å². The van der Waals surface area contributed by atoms with Crippen LogP contribution in [0.4, 0.5) is 11.5 Å². The molecule has 1 saturated heterocycles. The van der Waals surface area contributed by atoms with E-state index in [4.69, 9.17) is 5.11 Å². The topological polar surface area (TPSA) is 141 Å². The molecule has 1 aliphatic carbocycles. The highest BCUT2D eigenvalue weighted by Crippen LogP contribution is 2.51. The zero-order chi connectivity index (χ0) is 25.3. The van der Waals surface area contributed by atoms with Crippen LogP contribution in [0.3, 0.4) is 0 Å². The number of amides is 2. The van der Waals surface area contributed by atoms with Crippen molar-refractivity contribution in [2.24, 2.45) is 11.3 Å². The van der Waals surface area contributed by atoms with Gasteiger partial charge in [0.1, 0.15) is 17.8 Å². The van der Waals surface area contributed by atoms with Gasteiger partial charge in [-0.25, -0.2) is 4.98 Å². The number of hydrogen-bond acceptors (Lipinski definition) is 6. The third-order valence-corrected chi connectivity index (χ3v) is 6.71. The van der Waals surface area contributed by atoms with E-state index in [0.717, 1.165) is 29.5 Å². The van der Waals surface area contributed by atoms with Gasteiger partial charge in [-0.15, -0.1) is 0 Å². The fourth-order valence-corrected chi connectivity index (χ4v) is 4.76. The normalized spacial score (nSPS) is 19.2. The lowest BCUT2D eigenvalue weighted by Crippen LogP contribution is -2.35. The van der Waals surface area contributed by atoms with Crippen LogP contribution in [0.15, 0.2) is 55.0 Å². The second-order valence-corrected chi connectivity index (χ2v) is 9.21. The molecule has 0 spiro atoms. The quantitative estimate of drug-likeness (QED) is 0.501. The molecule has 1 aromatic carbocycles. The van der Waals surface area contributed by atoms with Crippen molar-refractivity contribution in [3.8, 4) is 17.2 Å². The number of pyridine rings is 1. The summed E-state index contributed by atoms with van der Waals surface area (Å²) in [6.45, 7) is 0.241. The molecule has 2 N–H and O–H groups in total. The second-order valence-electron chi connectivity index (χ2n) is 9.21. The first-order valence-corrected chi connectivity index (χ1v) is 11.7. The van der Waals surface area contributed by atoms with Gasteiger partial charge in [-0.3, -0.25) is 19.1 Å². The highest BCUT2D eigenvalue weighted by molar-refractivity contribution is 6.02. The fraction of sp³-hybridized carbons (Fsp3) is 0.308. The number of carboxylic acids is 1. The van der Waals surface area contributed by atoms with Crippen molar-refractivity contribution in [1.82, 2.24) is 14.8 Å². The zero-order valence-electron chi connectivity index (χ0n) is 19.4. The van der Waals surface area contributed by atoms with Crippen molar-refractivity contribution < 1.29 is 19.5 Å². The van der Waals surface area contributed by atoms with E-state index in [2.05, 4.69) is 21.5 Å². The number of carboxylic acid groups (broad SMARTS) is 1. The molecule has 0 radical (unpaired) electrons. The molecule has 10 heteroatoms. The maximum Gasteiger partial charge on any atom is 0.325 e. The highest BCUT2D eigenvalue weighted by atomic mass is 16.4. The molecule has 10 nitrogen and oxygen atoms in total. The molecule has 3 aromatic rings. The van der Waals surface area contributed by atoms with Crippen LogP contribution in [0.5, 0.6) is 0 Å². The predicted octanol–water partition coefficient (Wildman–Crippen LogP) is 2.87. The molecular formula is C26H24N6O4. The first kappa shape index (κ1) is 23.2. The van der Waals surface area contributed by atoms with Crippen molar-refractivity contribution in [3.05, 3.63) is 60.6 Å². The minimum atomic E-state index is -0.978. The van der Waals surface area contributed by atoms with E-state index in [1.165, 1.54) is 10.9 Å². The average Bonchev–Trinajstić information content (AvgIpc) is 3.51. The molecule has 1 saturated carbocycles. The number of anilines is 2. The Morgan fingerprint density at radius 2 is 2.06 bits per heavy atom. The number of carbonyl (C=O) groups is 3. The summed E-state index contributed by atoms with van der Waals surface area (Å²) in [5.41, 5.74) is 2.03. The van der Waals surface area contributed by atoms with E-state index in [9.17, 15) is 19.6 Å². The summed E-state index contributed by atoms with van der Waals surface area (Å²) < 4.78 is 1.34. The number of aliphatic carboxylic acids is 1. The minimum absolute atomic E-state index is 0.102. The van der Waals surface area contributed by atoms with Gasteiger partial charge in [0.25, 0.3) is 0 Å². The number of hydrogen-bond donors (Lipinski definition) is 2. The molecule has 3 heterocycles. The Kier molecular flexibility index (Phi) is 5.98. The SMILES string of the molecule is N#C[C@@]1(C2CC2)CCN(c2ccnc(NC(=O)Cc3cccc(-c4cnn(CC(=O)O)c4)c3)c2)C1=O. The lowest BCUT2D eigenvalue weighted by Gasteiger charge is -2.21. The predicted molar refractivity (Wildman–Crippen MR) is 130 cm³/mol. The standard InChI is InChI=1S/C26H24N6O4/c27-16-26(20-4-5-20)7-9-32(25(26)36)21-6-8-28-22(12-21)30-23(33)11-17-2-1-3-18(10-17)19-13-29-31(14-19)15-24(34)35/h1-3,6,8,10,12-14,20H,4-5,7,9,11,15H2,(H,34,35)(H,28,30,33)/t26-/m1/s1. The van der Waals surface area contributed by atoms with Crippen molar-refractivity contribution in [3.63, 3.8) is 0 Å². The van der Waals surface area contributed by atoms with Gasteiger partial charge in [-0.05, 0) is 42.4 Å². The number of carbonyl (C=O) groups excluding carboxylic acids is 2. The Bertz CT molecular complexity index is 1390. The van der Waals surface area contributed by atoms with Gasteiger partial charge < -0.3 is 15.3 Å². The molecular weight excluding hydrogens is 460 g/mol. The van der Waals surface area contributed by atoms with Gasteiger partial charge >= 0.3 is 5.97 Å². The monoisotopic (exact) mass is 484 g/mol. The molecule has 2 amide bonds.